The number of piperidine rings is 1. The van der Waals surface area contributed by atoms with Crippen molar-refractivity contribution in [1.29, 1.82) is 0 Å². The van der Waals surface area contributed by atoms with E-state index in [0.29, 0.717) is 87.6 Å². The summed E-state index contributed by atoms with van der Waals surface area (Å²) in [7, 11) is 0. The van der Waals surface area contributed by atoms with E-state index in [2.05, 4.69) is 9.97 Å². The first-order valence-electron chi connectivity index (χ1n) is 14.8. The van der Waals surface area contributed by atoms with Gasteiger partial charge in [-0.2, -0.15) is 5.10 Å². The van der Waals surface area contributed by atoms with Gasteiger partial charge in [0.2, 0.25) is 5.91 Å². The van der Waals surface area contributed by atoms with Crippen LogP contribution in [0.15, 0.2) is 73.1 Å². The molecule has 4 N–H and O–H groups in total. The highest BCUT2D eigenvalue weighted by Gasteiger charge is 2.28. The number of aromatic nitrogens is 4. The van der Waals surface area contributed by atoms with Crippen LogP contribution < -0.4 is 16.2 Å². The summed E-state index contributed by atoms with van der Waals surface area (Å²) in [5, 5.41) is 5.67. The molecule has 0 aliphatic carbocycles. The lowest BCUT2D eigenvalue weighted by atomic mass is 10.1. The van der Waals surface area contributed by atoms with Gasteiger partial charge >= 0.3 is 0 Å². The Morgan fingerprint density at radius 1 is 0.932 bits per heavy atom. The second kappa shape index (κ2) is 15.9. The van der Waals surface area contributed by atoms with Gasteiger partial charge in [0.15, 0.2) is 5.65 Å². The first kappa shape index (κ1) is 31.1. The molecule has 0 unspecified atom stereocenters. The monoisotopic (exact) mass is 601 g/mol. The Morgan fingerprint density at radius 3 is 2.43 bits per heavy atom. The van der Waals surface area contributed by atoms with Crippen molar-refractivity contribution < 1.29 is 23.7 Å². The summed E-state index contributed by atoms with van der Waals surface area (Å²) in [6, 6.07) is 17.3. The molecule has 2 aromatic heterocycles. The number of hydrogen-bond acceptors (Lipinski definition) is 10. The van der Waals surface area contributed by atoms with E-state index in [4.69, 9.17) is 35.5 Å². The molecular formula is C32H39N7O5. The van der Waals surface area contributed by atoms with Gasteiger partial charge in [-0.3, -0.25) is 4.79 Å². The normalized spacial score (nSPS) is 15.3. The molecule has 4 aromatic rings. The molecule has 1 saturated heterocycles. The van der Waals surface area contributed by atoms with E-state index in [9.17, 15) is 4.79 Å². The number of para-hydroxylation sites is 1. The summed E-state index contributed by atoms with van der Waals surface area (Å²) in [6.07, 6.45) is 6.45. The first-order valence-corrected chi connectivity index (χ1v) is 14.8. The van der Waals surface area contributed by atoms with E-state index in [-0.39, 0.29) is 11.9 Å². The van der Waals surface area contributed by atoms with Crippen molar-refractivity contribution >= 4 is 22.8 Å². The highest BCUT2D eigenvalue weighted by Crippen LogP contribution is 2.34. The lowest BCUT2D eigenvalue weighted by Crippen LogP contribution is -2.40. The minimum Gasteiger partial charge on any atom is -0.457 e. The number of ether oxygens (including phenoxy) is 4. The quantitative estimate of drug-likeness (QED) is 0.153. The number of nitrogens with zero attached hydrogens (tertiary/aromatic N) is 5. The van der Waals surface area contributed by atoms with Gasteiger partial charge in [-0.1, -0.05) is 24.3 Å². The highest BCUT2D eigenvalue weighted by atomic mass is 16.5. The Morgan fingerprint density at radius 2 is 1.66 bits per heavy atom. The van der Waals surface area contributed by atoms with E-state index in [1.54, 1.807) is 12.2 Å². The van der Waals surface area contributed by atoms with Crippen molar-refractivity contribution in [2.75, 3.05) is 65.0 Å². The molecule has 1 aliphatic rings. The average molecular weight is 602 g/mol. The molecule has 1 atom stereocenters. The predicted molar refractivity (Wildman–Crippen MR) is 167 cm³/mol. The van der Waals surface area contributed by atoms with Crippen LogP contribution in [0.25, 0.3) is 22.3 Å². The zero-order chi connectivity index (χ0) is 30.6. The zero-order valence-corrected chi connectivity index (χ0v) is 24.7. The van der Waals surface area contributed by atoms with Gasteiger partial charge in [0, 0.05) is 31.3 Å². The number of amides is 1. The zero-order valence-electron chi connectivity index (χ0n) is 24.7. The van der Waals surface area contributed by atoms with Gasteiger partial charge < -0.3 is 35.3 Å². The fourth-order valence-electron chi connectivity index (χ4n) is 5.04. The van der Waals surface area contributed by atoms with E-state index >= 15 is 0 Å². The fraction of sp³-hybridized carbons (Fsp3) is 0.375. The van der Waals surface area contributed by atoms with Gasteiger partial charge in [0.25, 0.3) is 0 Å². The Kier molecular flexibility index (Phi) is 11.2. The number of anilines is 1. The summed E-state index contributed by atoms with van der Waals surface area (Å²) in [5.41, 5.74) is 13.9. The van der Waals surface area contributed by atoms with Crippen molar-refractivity contribution in [3.63, 3.8) is 0 Å². The molecule has 44 heavy (non-hydrogen) atoms. The maximum atomic E-state index is 13.0. The van der Waals surface area contributed by atoms with Crippen LogP contribution in [0.4, 0.5) is 5.82 Å². The summed E-state index contributed by atoms with van der Waals surface area (Å²) in [4.78, 5) is 23.6. The minimum absolute atomic E-state index is 0.0606. The number of carbonyl (C=O) groups excluding carboxylic acids is 1. The van der Waals surface area contributed by atoms with E-state index in [1.807, 2.05) is 64.2 Å². The van der Waals surface area contributed by atoms with Crippen LogP contribution in [0.5, 0.6) is 11.5 Å². The summed E-state index contributed by atoms with van der Waals surface area (Å²) >= 11 is 0. The van der Waals surface area contributed by atoms with Crippen LogP contribution in [-0.2, 0) is 19.0 Å². The summed E-state index contributed by atoms with van der Waals surface area (Å²) in [6.45, 7) is 4.43. The van der Waals surface area contributed by atoms with Crippen molar-refractivity contribution in [3.8, 4) is 22.8 Å². The molecule has 12 heteroatoms. The SMILES string of the molecule is NCCOCCOCCOC/C=C/C(=O)N1CCC[C@@H](n2nc(-c3ccc(Oc4ccccc4)cc3)c3c(N)ncnc32)C1. The summed E-state index contributed by atoms with van der Waals surface area (Å²) < 4.78 is 24.1. The Balaban J connectivity index is 1.20. The number of benzene rings is 2. The molecular weight excluding hydrogens is 562 g/mol. The number of rotatable bonds is 15. The number of fused-ring (bicyclic) bond motifs is 1. The summed E-state index contributed by atoms with van der Waals surface area (Å²) in [5.74, 6) is 1.77. The molecule has 1 fully saturated rings. The maximum absolute atomic E-state index is 13.0. The molecule has 1 amide bonds. The lowest BCUT2D eigenvalue weighted by molar-refractivity contribution is -0.127. The van der Waals surface area contributed by atoms with Crippen molar-refractivity contribution in [1.82, 2.24) is 24.6 Å². The third kappa shape index (κ3) is 8.17. The first-order chi connectivity index (χ1) is 21.6. The lowest BCUT2D eigenvalue weighted by Gasteiger charge is -2.32. The fourth-order valence-corrected chi connectivity index (χ4v) is 5.04. The van der Waals surface area contributed by atoms with E-state index < -0.39 is 0 Å². The van der Waals surface area contributed by atoms with Crippen LogP contribution >= 0.6 is 0 Å². The molecule has 1 aliphatic heterocycles. The average Bonchev–Trinajstić information content (AvgIpc) is 3.45. The molecule has 3 heterocycles. The van der Waals surface area contributed by atoms with Gasteiger partial charge in [-0.25, -0.2) is 14.6 Å². The van der Waals surface area contributed by atoms with Crippen molar-refractivity contribution in [2.45, 2.75) is 18.9 Å². The molecule has 0 bridgehead atoms. The van der Waals surface area contributed by atoms with Crippen molar-refractivity contribution in [3.05, 3.63) is 73.1 Å². The standard InChI is InChI=1S/C32H39N7O5/c33-14-17-42-19-21-43-20-18-41-16-5-9-28(40)38-15-4-6-25(22-38)39-32-29(31(34)35-23-36-32)30(37-39)24-10-12-27(13-11-24)44-26-7-2-1-3-8-26/h1-3,5,7-13,23,25H,4,6,14-22,33H2,(H2,34,35,36)/b9-5+/t25-/m1/s1. The number of hydrogen-bond donors (Lipinski definition) is 2. The number of nitrogen functional groups attached to an aromatic ring is 1. The highest BCUT2D eigenvalue weighted by molar-refractivity contribution is 5.98. The largest absolute Gasteiger partial charge is 0.457 e. The Hall–Kier alpha value is -4.36. The number of carbonyl (C=O) groups is 1. The third-order valence-electron chi connectivity index (χ3n) is 7.16. The van der Waals surface area contributed by atoms with Crippen LogP contribution in [0.2, 0.25) is 0 Å². The Bertz CT molecular complexity index is 1510. The van der Waals surface area contributed by atoms with E-state index in [1.165, 1.54) is 6.33 Å². The van der Waals surface area contributed by atoms with Crippen LogP contribution in [0.1, 0.15) is 18.9 Å². The van der Waals surface area contributed by atoms with Crippen LogP contribution in [-0.4, -0.2) is 89.8 Å². The molecule has 0 spiro atoms. The maximum Gasteiger partial charge on any atom is 0.246 e. The minimum atomic E-state index is -0.0635. The molecule has 2 aromatic carbocycles. The van der Waals surface area contributed by atoms with Gasteiger partial charge in [0.05, 0.1) is 51.1 Å². The number of nitrogens with two attached hydrogens (primary N) is 2. The number of likely N-dealkylation sites (tertiary alicyclic amines) is 1. The third-order valence-corrected chi connectivity index (χ3v) is 7.16. The van der Waals surface area contributed by atoms with Gasteiger partial charge in [-0.15, -0.1) is 0 Å². The van der Waals surface area contributed by atoms with Gasteiger partial charge in [0.1, 0.15) is 29.3 Å². The van der Waals surface area contributed by atoms with Crippen LogP contribution in [0, 0.1) is 0 Å². The second-order valence-corrected chi connectivity index (χ2v) is 10.3. The molecule has 12 nitrogen and oxygen atoms in total. The molecule has 232 valence electrons. The smallest absolute Gasteiger partial charge is 0.246 e. The van der Waals surface area contributed by atoms with Crippen LogP contribution in [0.3, 0.4) is 0 Å². The van der Waals surface area contributed by atoms with Gasteiger partial charge in [-0.05, 0) is 49.2 Å². The Labute approximate surface area is 256 Å². The molecule has 0 radical (unpaired) electrons. The molecule has 5 rings (SSSR count). The second-order valence-electron chi connectivity index (χ2n) is 10.3. The van der Waals surface area contributed by atoms with Crippen molar-refractivity contribution in [2.24, 2.45) is 5.73 Å². The topological polar surface area (TPSA) is 153 Å². The molecule has 0 saturated carbocycles. The predicted octanol–water partition coefficient (Wildman–Crippen LogP) is 3.60. The van der Waals surface area contributed by atoms with E-state index in [0.717, 1.165) is 24.2 Å².